The molecular weight excluding hydrogens is 380 g/mol. The number of nitrogens with zero attached hydrogens (tertiary/aromatic N) is 3. The fraction of sp³-hybridized carbons (Fsp3) is 0.188. The molecule has 3 aromatic rings. The van der Waals surface area contributed by atoms with Crippen molar-refractivity contribution >= 4 is 34.7 Å². The van der Waals surface area contributed by atoms with E-state index in [0.29, 0.717) is 0 Å². The molecule has 8 nitrogen and oxygen atoms in total. The number of aromatic amines is 1. The summed E-state index contributed by atoms with van der Waals surface area (Å²) in [5.74, 6) is -2.89. The van der Waals surface area contributed by atoms with E-state index in [2.05, 4.69) is 25.3 Å². The first-order valence-electron chi connectivity index (χ1n) is 7.67. The molecule has 0 saturated carbocycles. The normalized spacial score (nSPS) is 12.1. The lowest BCUT2D eigenvalue weighted by atomic mass is 10.2. The highest BCUT2D eigenvalue weighted by molar-refractivity contribution is 7.98. The number of aromatic nitrogens is 4. The number of carbonyl (C=O) groups is 1. The van der Waals surface area contributed by atoms with Gasteiger partial charge in [0.05, 0.1) is 6.20 Å². The van der Waals surface area contributed by atoms with Crippen molar-refractivity contribution in [2.24, 2.45) is 0 Å². The van der Waals surface area contributed by atoms with Crippen molar-refractivity contribution in [3.63, 3.8) is 0 Å². The highest BCUT2D eigenvalue weighted by atomic mass is 32.2. The van der Waals surface area contributed by atoms with Crippen LogP contribution in [0.2, 0.25) is 0 Å². The van der Waals surface area contributed by atoms with Crippen LogP contribution in [0, 0.1) is 11.6 Å². The number of nitrogens with one attached hydrogen (secondary N) is 2. The summed E-state index contributed by atoms with van der Waals surface area (Å²) in [6.45, 7) is 1.41. The summed E-state index contributed by atoms with van der Waals surface area (Å²) in [4.78, 5) is 37.4. The van der Waals surface area contributed by atoms with Crippen LogP contribution < -0.4 is 10.9 Å². The number of hydrogen-bond acceptors (Lipinski definition) is 7. The molecule has 0 bridgehead atoms. The van der Waals surface area contributed by atoms with Gasteiger partial charge in [-0.15, -0.1) is 0 Å². The zero-order valence-corrected chi connectivity index (χ0v) is 14.7. The monoisotopic (exact) mass is 393 g/mol. The summed E-state index contributed by atoms with van der Waals surface area (Å²) in [5, 5.41) is 11.9. The Morgan fingerprint density at radius 2 is 2.15 bits per heavy atom. The summed E-state index contributed by atoms with van der Waals surface area (Å²) in [6.07, 6.45) is 1.03. The fourth-order valence-electron chi connectivity index (χ4n) is 2.15. The van der Waals surface area contributed by atoms with Crippen molar-refractivity contribution in [3.05, 3.63) is 51.9 Å². The highest BCUT2D eigenvalue weighted by Crippen LogP contribution is 2.26. The van der Waals surface area contributed by atoms with Crippen LogP contribution in [0.1, 0.15) is 12.5 Å². The number of carboxylic acid groups (broad SMARTS) is 1. The molecule has 0 aliphatic heterocycles. The topological polar surface area (TPSA) is 121 Å². The SMILES string of the molecule is CC(Nc1nc(SCc2cccc(F)c2F)nc2[nH]c(=O)cnc12)C(=O)O. The van der Waals surface area contributed by atoms with E-state index in [1.165, 1.54) is 19.1 Å². The van der Waals surface area contributed by atoms with Crippen LogP contribution in [-0.4, -0.2) is 37.1 Å². The first-order chi connectivity index (χ1) is 12.8. The highest BCUT2D eigenvalue weighted by Gasteiger charge is 2.17. The number of fused-ring (bicyclic) bond motifs is 1. The third-order valence-corrected chi connectivity index (χ3v) is 4.42. The van der Waals surface area contributed by atoms with Crippen molar-refractivity contribution in [2.75, 3.05) is 5.32 Å². The molecule has 2 aromatic heterocycles. The maximum Gasteiger partial charge on any atom is 0.325 e. The Bertz CT molecular complexity index is 1080. The third kappa shape index (κ3) is 4.19. The van der Waals surface area contributed by atoms with Gasteiger partial charge in [-0.25, -0.2) is 23.7 Å². The second-order valence-electron chi connectivity index (χ2n) is 5.51. The number of halogens is 2. The van der Waals surface area contributed by atoms with Gasteiger partial charge in [0.2, 0.25) is 0 Å². The van der Waals surface area contributed by atoms with Gasteiger partial charge in [0, 0.05) is 11.3 Å². The molecule has 0 aliphatic rings. The minimum Gasteiger partial charge on any atom is -0.480 e. The number of carboxylic acids is 1. The average molecular weight is 393 g/mol. The summed E-state index contributed by atoms with van der Waals surface area (Å²) >= 11 is 1.00. The largest absolute Gasteiger partial charge is 0.480 e. The van der Waals surface area contributed by atoms with E-state index in [1.807, 2.05) is 0 Å². The summed E-state index contributed by atoms with van der Waals surface area (Å²) < 4.78 is 27.1. The zero-order chi connectivity index (χ0) is 19.6. The van der Waals surface area contributed by atoms with Crippen molar-refractivity contribution in [1.29, 1.82) is 0 Å². The lowest BCUT2D eigenvalue weighted by Crippen LogP contribution is -2.26. The van der Waals surface area contributed by atoms with Crippen molar-refractivity contribution < 1.29 is 18.7 Å². The van der Waals surface area contributed by atoms with Crippen LogP contribution in [0.5, 0.6) is 0 Å². The maximum atomic E-state index is 13.8. The van der Waals surface area contributed by atoms with Crippen LogP contribution in [0.3, 0.4) is 0 Å². The fourth-order valence-corrected chi connectivity index (χ4v) is 2.97. The van der Waals surface area contributed by atoms with Crippen molar-refractivity contribution in [1.82, 2.24) is 19.9 Å². The Hall–Kier alpha value is -3.08. The average Bonchev–Trinajstić information content (AvgIpc) is 2.62. The van der Waals surface area contributed by atoms with Gasteiger partial charge in [-0.2, -0.15) is 0 Å². The van der Waals surface area contributed by atoms with Gasteiger partial charge >= 0.3 is 5.97 Å². The number of H-pyrrole nitrogens is 1. The molecule has 0 aliphatic carbocycles. The van der Waals surface area contributed by atoms with Crippen LogP contribution in [0.25, 0.3) is 11.2 Å². The van der Waals surface area contributed by atoms with Gasteiger partial charge in [0.25, 0.3) is 5.56 Å². The second kappa shape index (κ2) is 7.66. The van der Waals surface area contributed by atoms with Gasteiger partial charge in [-0.3, -0.25) is 9.59 Å². The molecule has 0 radical (unpaired) electrons. The smallest absolute Gasteiger partial charge is 0.325 e. The van der Waals surface area contributed by atoms with Crippen LogP contribution in [0.15, 0.2) is 34.3 Å². The Kier molecular flexibility index (Phi) is 5.31. The molecule has 3 N–H and O–H groups in total. The minimum absolute atomic E-state index is 0.0352. The van der Waals surface area contributed by atoms with Crippen molar-refractivity contribution in [2.45, 2.75) is 23.9 Å². The Balaban J connectivity index is 1.96. The van der Waals surface area contributed by atoms with Gasteiger partial charge < -0.3 is 15.4 Å². The third-order valence-electron chi connectivity index (χ3n) is 3.53. The van der Waals surface area contributed by atoms with E-state index in [9.17, 15) is 18.4 Å². The van der Waals surface area contributed by atoms with Crippen molar-refractivity contribution in [3.8, 4) is 0 Å². The van der Waals surface area contributed by atoms with E-state index < -0.39 is 29.2 Å². The predicted molar refractivity (Wildman–Crippen MR) is 94.6 cm³/mol. The quantitative estimate of drug-likeness (QED) is 0.430. The molecule has 1 unspecified atom stereocenters. The van der Waals surface area contributed by atoms with E-state index in [1.54, 1.807) is 0 Å². The first kappa shape index (κ1) is 18.7. The molecule has 140 valence electrons. The Labute approximate surface area is 155 Å². The second-order valence-corrected chi connectivity index (χ2v) is 6.45. The van der Waals surface area contributed by atoms with E-state index >= 15 is 0 Å². The molecule has 27 heavy (non-hydrogen) atoms. The van der Waals surface area contributed by atoms with Gasteiger partial charge in [-0.05, 0) is 13.0 Å². The van der Waals surface area contributed by atoms with Gasteiger partial charge in [-0.1, -0.05) is 23.9 Å². The molecule has 0 fully saturated rings. The van der Waals surface area contributed by atoms with E-state index in [-0.39, 0.29) is 33.5 Å². The maximum absolute atomic E-state index is 13.8. The Morgan fingerprint density at radius 1 is 1.37 bits per heavy atom. The standard InChI is InChI=1S/C16H13F2N5O3S/c1-7(15(25)26)20-13-12-14(21-10(24)5-19-12)23-16(22-13)27-6-8-3-2-4-9(17)11(8)18/h2-5,7H,6H2,1H3,(H,25,26)(H2,20,21,22,23,24). The van der Waals surface area contributed by atoms with Crippen LogP contribution >= 0.6 is 11.8 Å². The van der Waals surface area contributed by atoms with E-state index in [4.69, 9.17) is 5.11 Å². The number of benzene rings is 1. The summed E-state index contributed by atoms with van der Waals surface area (Å²) in [5.41, 5.74) is -0.0915. The molecular formula is C16H13F2N5O3S. The molecule has 11 heteroatoms. The molecule has 0 amide bonds. The first-order valence-corrected chi connectivity index (χ1v) is 8.66. The van der Waals surface area contributed by atoms with Crippen LogP contribution in [-0.2, 0) is 10.5 Å². The minimum atomic E-state index is -1.11. The summed E-state index contributed by atoms with van der Waals surface area (Å²) in [7, 11) is 0. The Morgan fingerprint density at radius 3 is 2.89 bits per heavy atom. The lowest BCUT2D eigenvalue weighted by Gasteiger charge is -2.12. The summed E-state index contributed by atoms with van der Waals surface area (Å²) in [6, 6.07) is 2.86. The van der Waals surface area contributed by atoms with Gasteiger partial charge in [0.1, 0.15) is 11.6 Å². The molecule has 2 heterocycles. The lowest BCUT2D eigenvalue weighted by molar-refractivity contribution is -0.137. The molecule has 0 spiro atoms. The molecule has 0 saturated heterocycles. The predicted octanol–water partition coefficient (Wildman–Crippen LogP) is 2.17. The van der Waals surface area contributed by atoms with E-state index in [0.717, 1.165) is 24.0 Å². The molecule has 3 rings (SSSR count). The molecule has 1 atom stereocenters. The number of thioether (sulfide) groups is 1. The van der Waals surface area contributed by atoms with Crippen LogP contribution in [0.4, 0.5) is 14.6 Å². The molecule has 1 aromatic carbocycles. The number of aliphatic carboxylic acids is 1. The number of rotatable bonds is 6. The number of anilines is 1. The zero-order valence-electron chi connectivity index (χ0n) is 13.9. The van der Waals surface area contributed by atoms with Gasteiger partial charge in [0.15, 0.2) is 28.3 Å². The number of hydrogen-bond donors (Lipinski definition) is 3.